The fourth-order valence-corrected chi connectivity index (χ4v) is 3.40. The highest BCUT2D eigenvalue weighted by Gasteiger charge is 2.38. The Bertz CT molecular complexity index is 1060. The van der Waals surface area contributed by atoms with Gasteiger partial charge in [-0.05, 0) is 64.7 Å². The minimum absolute atomic E-state index is 0.00534. The number of nitrogens with one attached hydrogen (secondary N) is 3. The van der Waals surface area contributed by atoms with Gasteiger partial charge in [0.2, 0.25) is 5.95 Å². The number of rotatable bonds is 6. The molecule has 0 bridgehead atoms. The third kappa shape index (κ3) is 8.93. The van der Waals surface area contributed by atoms with Crippen LogP contribution < -0.4 is 16.0 Å². The van der Waals surface area contributed by atoms with E-state index < -0.39 is 23.8 Å². The number of aliphatic carboxylic acids is 1. The Kier molecular flexibility index (Phi) is 9.93. The molecule has 1 aromatic carbocycles. The van der Waals surface area contributed by atoms with E-state index in [0.29, 0.717) is 5.95 Å². The zero-order valence-electron chi connectivity index (χ0n) is 19.9. The number of carbonyl (C=O) groups excluding carboxylic acids is 1. The van der Waals surface area contributed by atoms with Crippen molar-refractivity contribution in [1.29, 1.82) is 0 Å². The summed E-state index contributed by atoms with van der Waals surface area (Å²) in [4.78, 5) is 30.1. The number of carboxylic acid groups (broad SMARTS) is 1. The zero-order chi connectivity index (χ0) is 27.0. The van der Waals surface area contributed by atoms with E-state index in [2.05, 4.69) is 39.8 Å². The smallest absolute Gasteiger partial charge is 0.475 e. The van der Waals surface area contributed by atoms with Crippen LogP contribution in [0.5, 0.6) is 0 Å². The van der Waals surface area contributed by atoms with Gasteiger partial charge in [0, 0.05) is 35.4 Å². The molecule has 1 heterocycles. The van der Waals surface area contributed by atoms with Crippen LogP contribution in [0.25, 0.3) is 0 Å². The molecule has 1 aliphatic rings. The Balaban J connectivity index is 0.000000572. The summed E-state index contributed by atoms with van der Waals surface area (Å²) in [7, 11) is 0. The number of nitrogens with zero attached hydrogens (tertiary/aromatic N) is 2. The minimum Gasteiger partial charge on any atom is -0.475 e. The summed E-state index contributed by atoms with van der Waals surface area (Å²) in [6.45, 7) is 6.09. The van der Waals surface area contributed by atoms with E-state index in [1.165, 1.54) is 6.07 Å². The summed E-state index contributed by atoms with van der Waals surface area (Å²) < 4.78 is 58.1. The number of amides is 1. The van der Waals surface area contributed by atoms with Crippen molar-refractivity contribution in [3.63, 3.8) is 0 Å². The van der Waals surface area contributed by atoms with Crippen LogP contribution >= 0.6 is 0 Å². The average molecular weight is 517 g/mol. The molecule has 0 atom stereocenters. The van der Waals surface area contributed by atoms with Crippen molar-refractivity contribution in [3.05, 3.63) is 47.2 Å². The Morgan fingerprint density at radius 3 is 2.17 bits per heavy atom. The Morgan fingerprint density at radius 2 is 1.64 bits per heavy atom. The highest BCUT2D eigenvalue weighted by Crippen LogP contribution is 2.23. The summed E-state index contributed by atoms with van der Waals surface area (Å²) in [6, 6.07) is 3.69. The van der Waals surface area contributed by atoms with Gasteiger partial charge in [0.25, 0.3) is 5.91 Å². The van der Waals surface area contributed by atoms with Crippen LogP contribution in [0, 0.1) is 18.6 Å². The van der Waals surface area contributed by atoms with E-state index >= 15 is 0 Å². The van der Waals surface area contributed by atoms with Gasteiger partial charge in [-0.1, -0.05) is 0 Å². The van der Waals surface area contributed by atoms with E-state index in [1.807, 2.05) is 6.92 Å². The molecule has 36 heavy (non-hydrogen) atoms. The summed E-state index contributed by atoms with van der Waals surface area (Å²) in [5.74, 6) is -3.70. The molecule has 1 amide bonds. The lowest BCUT2D eigenvalue weighted by Crippen LogP contribution is -2.40. The van der Waals surface area contributed by atoms with Gasteiger partial charge in [0.1, 0.15) is 5.82 Å². The van der Waals surface area contributed by atoms with E-state index in [-0.39, 0.29) is 29.6 Å². The SMILES string of the molecule is Cc1cnc(NC2CCC(NC(=O)c3ccc(F)c(F)c3)CC2)nc1NC(C)C.O=C(O)C(F)(F)F. The topological polar surface area (TPSA) is 116 Å². The molecule has 0 aliphatic heterocycles. The number of alkyl halides is 3. The number of hydrogen-bond donors (Lipinski definition) is 4. The summed E-state index contributed by atoms with van der Waals surface area (Å²) >= 11 is 0. The number of halogens is 5. The number of aromatic nitrogens is 2. The second kappa shape index (κ2) is 12.5. The number of aryl methyl sites for hydroxylation is 1. The fraction of sp³-hybridized carbons (Fsp3) is 0.478. The van der Waals surface area contributed by atoms with Crippen molar-refractivity contribution in [1.82, 2.24) is 15.3 Å². The molecule has 198 valence electrons. The lowest BCUT2D eigenvalue weighted by Gasteiger charge is -2.29. The number of carbonyl (C=O) groups is 2. The summed E-state index contributed by atoms with van der Waals surface area (Å²) in [6.07, 6.45) is -0.000371. The predicted molar refractivity (Wildman–Crippen MR) is 123 cm³/mol. The molecule has 8 nitrogen and oxygen atoms in total. The maximum Gasteiger partial charge on any atom is 0.490 e. The molecular weight excluding hydrogens is 489 g/mol. The second-order valence-corrected chi connectivity index (χ2v) is 8.62. The molecule has 1 fully saturated rings. The van der Waals surface area contributed by atoms with Crippen LogP contribution in [0.4, 0.5) is 33.7 Å². The lowest BCUT2D eigenvalue weighted by molar-refractivity contribution is -0.192. The Morgan fingerprint density at radius 1 is 1.06 bits per heavy atom. The molecule has 4 N–H and O–H groups in total. The molecule has 13 heteroatoms. The molecular formula is C23H28F5N5O3. The van der Waals surface area contributed by atoms with Crippen molar-refractivity contribution < 1.29 is 36.6 Å². The third-order valence-electron chi connectivity index (χ3n) is 5.22. The van der Waals surface area contributed by atoms with Gasteiger partial charge in [0.05, 0.1) is 0 Å². The molecule has 0 spiro atoms. The molecule has 1 aromatic heterocycles. The van der Waals surface area contributed by atoms with Crippen molar-refractivity contribution >= 4 is 23.6 Å². The van der Waals surface area contributed by atoms with Crippen molar-refractivity contribution in [2.45, 2.75) is 70.8 Å². The first kappa shape index (κ1) is 28.7. The Hall–Kier alpha value is -3.51. The van der Waals surface area contributed by atoms with Crippen molar-refractivity contribution in [2.75, 3.05) is 10.6 Å². The van der Waals surface area contributed by atoms with Crippen LogP contribution in [0.1, 0.15) is 55.5 Å². The van der Waals surface area contributed by atoms with Gasteiger partial charge in [0.15, 0.2) is 11.6 Å². The molecule has 3 rings (SSSR count). The monoisotopic (exact) mass is 517 g/mol. The van der Waals surface area contributed by atoms with Crippen LogP contribution in [0.2, 0.25) is 0 Å². The molecule has 1 saturated carbocycles. The molecule has 0 saturated heterocycles. The average Bonchev–Trinajstić information content (AvgIpc) is 2.78. The summed E-state index contributed by atoms with van der Waals surface area (Å²) in [5, 5.41) is 16.7. The molecule has 1 aliphatic carbocycles. The lowest BCUT2D eigenvalue weighted by atomic mass is 9.91. The van der Waals surface area contributed by atoms with Gasteiger partial charge in [-0.15, -0.1) is 0 Å². The summed E-state index contributed by atoms with van der Waals surface area (Å²) in [5.41, 5.74) is 1.12. The number of benzene rings is 1. The van der Waals surface area contributed by atoms with Gasteiger partial charge in [-0.2, -0.15) is 18.2 Å². The van der Waals surface area contributed by atoms with Gasteiger partial charge >= 0.3 is 12.1 Å². The zero-order valence-corrected chi connectivity index (χ0v) is 19.9. The Labute approximate surface area is 204 Å². The standard InChI is InChI=1S/C21H27F2N5O.C2HF3O2/c1-12(2)25-19-13(3)11-24-21(28-19)27-16-7-5-15(6-8-16)26-20(29)14-4-9-17(22)18(23)10-14;3-2(4,5)1(6)7/h4,9-12,15-16H,5-8H2,1-3H3,(H,26,29)(H2,24,25,27,28);(H,6,7). The number of carboxylic acids is 1. The third-order valence-corrected chi connectivity index (χ3v) is 5.22. The normalized spacial score (nSPS) is 17.6. The van der Waals surface area contributed by atoms with Crippen LogP contribution in [-0.2, 0) is 4.79 Å². The van der Waals surface area contributed by atoms with E-state index in [0.717, 1.165) is 49.2 Å². The van der Waals surface area contributed by atoms with Crippen LogP contribution in [0.15, 0.2) is 24.4 Å². The minimum atomic E-state index is -5.08. The van der Waals surface area contributed by atoms with E-state index in [9.17, 15) is 26.7 Å². The highest BCUT2D eigenvalue weighted by atomic mass is 19.4. The van der Waals surface area contributed by atoms with Gasteiger partial charge < -0.3 is 21.1 Å². The van der Waals surface area contributed by atoms with Gasteiger partial charge in [-0.25, -0.2) is 18.6 Å². The second-order valence-electron chi connectivity index (χ2n) is 8.62. The van der Waals surface area contributed by atoms with Crippen LogP contribution in [-0.4, -0.2) is 51.3 Å². The van der Waals surface area contributed by atoms with Crippen LogP contribution in [0.3, 0.4) is 0 Å². The number of hydrogen-bond acceptors (Lipinski definition) is 6. The molecule has 2 aromatic rings. The first-order chi connectivity index (χ1) is 16.8. The predicted octanol–water partition coefficient (Wildman–Crippen LogP) is 4.67. The maximum atomic E-state index is 13.3. The molecule has 0 unspecified atom stereocenters. The highest BCUT2D eigenvalue weighted by molar-refractivity contribution is 5.94. The number of anilines is 2. The van der Waals surface area contributed by atoms with Gasteiger partial charge in [-0.3, -0.25) is 4.79 Å². The van der Waals surface area contributed by atoms with E-state index in [1.54, 1.807) is 6.20 Å². The first-order valence-corrected chi connectivity index (χ1v) is 11.2. The molecule has 0 radical (unpaired) electrons. The quantitative estimate of drug-likeness (QED) is 0.412. The van der Waals surface area contributed by atoms with Crippen molar-refractivity contribution in [3.8, 4) is 0 Å². The van der Waals surface area contributed by atoms with E-state index in [4.69, 9.17) is 9.90 Å². The van der Waals surface area contributed by atoms with Crippen molar-refractivity contribution in [2.24, 2.45) is 0 Å². The fourth-order valence-electron chi connectivity index (χ4n) is 3.40. The largest absolute Gasteiger partial charge is 0.490 e. The maximum absolute atomic E-state index is 13.3. The first-order valence-electron chi connectivity index (χ1n) is 11.2.